The SMILES string of the molecule is CCO[Si]([Si])Cl. The van der Waals surface area contributed by atoms with Gasteiger partial charge in [0.15, 0.2) is 0 Å². The number of halogens is 1. The Morgan fingerprint density at radius 3 is 2.50 bits per heavy atom. The molecule has 0 fully saturated rings. The van der Waals surface area contributed by atoms with Gasteiger partial charge in [0, 0.05) is 6.61 Å². The van der Waals surface area contributed by atoms with Gasteiger partial charge in [-0.05, 0) is 6.92 Å². The largest absolute Gasteiger partial charge is 0.406 e. The predicted molar refractivity (Wildman–Crippen MR) is 29.0 cm³/mol. The minimum Gasteiger partial charge on any atom is -0.406 e. The Balaban J connectivity index is 2.63. The summed E-state index contributed by atoms with van der Waals surface area (Å²) in [5.74, 6) is 0. The molecule has 34 valence electrons. The molecule has 0 aromatic carbocycles. The average Bonchev–Trinajstić information content (AvgIpc) is 1.35. The van der Waals surface area contributed by atoms with E-state index in [9.17, 15) is 0 Å². The fraction of sp³-hybridized carbons (Fsp3) is 1.00. The van der Waals surface area contributed by atoms with Crippen molar-refractivity contribution in [2.75, 3.05) is 6.61 Å². The lowest BCUT2D eigenvalue weighted by Gasteiger charge is -1.94. The highest BCUT2D eigenvalue weighted by atomic mass is 35.6. The number of hydrogen-bond acceptors (Lipinski definition) is 1. The molecule has 6 heavy (non-hydrogen) atoms. The lowest BCUT2D eigenvalue weighted by molar-refractivity contribution is 0.366. The van der Waals surface area contributed by atoms with Crippen LogP contribution in [0.15, 0.2) is 0 Å². The second kappa shape index (κ2) is 3.86. The standard InChI is InChI=1S/C2H5ClOSi2/c1-2-4-6(3)5/h2H2,1H3. The molecule has 0 atom stereocenters. The van der Waals surface area contributed by atoms with Gasteiger partial charge in [-0.1, -0.05) is 0 Å². The van der Waals surface area contributed by atoms with Crippen LogP contribution in [0.1, 0.15) is 6.92 Å². The minimum absolute atomic E-state index is 0.696. The second-order valence-electron chi connectivity index (χ2n) is 0.707. The molecule has 0 bridgehead atoms. The first-order chi connectivity index (χ1) is 2.77. The molecular weight excluding hydrogens is 132 g/mol. The molecule has 0 aliphatic carbocycles. The fourth-order valence-corrected chi connectivity index (χ4v) is 1.14. The van der Waals surface area contributed by atoms with Crippen molar-refractivity contribution in [3.8, 4) is 0 Å². The van der Waals surface area contributed by atoms with Gasteiger partial charge in [-0.25, -0.2) is 0 Å². The van der Waals surface area contributed by atoms with Gasteiger partial charge in [0.25, 0.3) is 7.87 Å². The van der Waals surface area contributed by atoms with E-state index < -0.39 is 7.87 Å². The zero-order valence-electron chi connectivity index (χ0n) is 3.49. The van der Waals surface area contributed by atoms with Gasteiger partial charge in [0.2, 0.25) is 0 Å². The van der Waals surface area contributed by atoms with Crippen LogP contribution >= 0.6 is 11.1 Å². The Hall–Kier alpha value is 0.684. The highest BCUT2D eigenvalue weighted by Gasteiger charge is 1.93. The van der Waals surface area contributed by atoms with Crippen molar-refractivity contribution in [3.05, 3.63) is 0 Å². The molecule has 0 heterocycles. The Kier molecular flexibility index (Phi) is 4.30. The Bertz CT molecular complexity index is 32.7. The van der Waals surface area contributed by atoms with E-state index in [4.69, 9.17) is 15.5 Å². The predicted octanol–water partition coefficient (Wildman–Crippen LogP) is 0.415. The van der Waals surface area contributed by atoms with E-state index in [2.05, 4.69) is 9.76 Å². The highest BCUT2D eigenvalue weighted by molar-refractivity contribution is 7.28. The summed E-state index contributed by atoms with van der Waals surface area (Å²) in [6, 6.07) is 0. The Morgan fingerprint density at radius 1 is 2.00 bits per heavy atom. The normalized spacial score (nSPS) is 10.0. The first-order valence-corrected chi connectivity index (χ1v) is 5.56. The Labute approximate surface area is 47.3 Å². The van der Waals surface area contributed by atoms with Gasteiger partial charge in [0.05, 0.1) is 9.76 Å². The lowest BCUT2D eigenvalue weighted by Crippen LogP contribution is -2.08. The maximum Gasteiger partial charge on any atom is 0.292 e. The molecule has 0 aliphatic heterocycles. The molecule has 4 heteroatoms. The van der Waals surface area contributed by atoms with Crippen LogP contribution in [0.4, 0.5) is 0 Å². The summed E-state index contributed by atoms with van der Waals surface area (Å²) >= 11 is 5.37. The highest BCUT2D eigenvalue weighted by Crippen LogP contribution is 1.82. The summed E-state index contributed by atoms with van der Waals surface area (Å²) in [6.45, 7) is 2.61. The summed E-state index contributed by atoms with van der Waals surface area (Å²) < 4.78 is 4.82. The molecule has 0 spiro atoms. The van der Waals surface area contributed by atoms with E-state index >= 15 is 0 Å². The molecule has 0 N–H and O–H groups in total. The lowest BCUT2D eigenvalue weighted by atomic mass is 10.9. The van der Waals surface area contributed by atoms with Crippen LogP contribution in [0.3, 0.4) is 0 Å². The third-order valence-corrected chi connectivity index (χ3v) is 1.57. The average molecular weight is 137 g/mol. The van der Waals surface area contributed by atoms with Gasteiger partial charge in [-0.15, -0.1) is 11.1 Å². The topological polar surface area (TPSA) is 9.23 Å². The fourth-order valence-electron chi connectivity index (χ4n) is 0.127. The first kappa shape index (κ1) is 6.68. The van der Waals surface area contributed by atoms with Crippen LogP contribution in [0.2, 0.25) is 0 Å². The summed E-state index contributed by atoms with van der Waals surface area (Å²) in [5.41, 5.74) is 0. The van der Waals surface area contributed by atoms with Gasteiger partial charge in [-0.3, -0.25) is 0 Å². The smallest absolute Gasteiger partial charge is 0.292 e. The van der Waals surface area contributed by atoms with Gasteiger partial charge < -0.3 is 4.43 Å². The van der Waals surface area contributed by atoms with Gasteiger partial charge in [-0.2, -0.15) is 0 Å². The van der Waals surface area contributed by atoms with Crippen molar-refractivity contribution in [1.82, 2.24) is 0 Å². The maximum atomic E-state index is 5.37. The van der Waals surface area contributed by atoms with E-state index in [0.29, 0.717) is 6.61 Å². The minimum atomic E-state index is -1.11. The van der Waals surface area contributed by atoms with Crippen molar-refractivity contribution in [2.45, 2.75) is 6.92 Å². The Morgan fingerprint density at radius 2 is 2.50 bits per heavy atom. The zero-order valence-corrected chi connectivity index (χ0v) is 6.25. The van der Waals surface area contributed by atoms with Crippen molar-refractivity contribution >= 4 is 28.7 Å². The van der Waals surface area contributed by atoms with E-state index in [1.54, 1.807) is 0 Å². The molecule has 0 aromatic heterocycles. The van der Waals surface area contributed by atoms with Crippen LogP contribution < -0.4 is 0 Å². The van der Waals surface area contributed by atoms with Crippen molar-refractivity contribution < 1.29 is 4.43 Å². The molecule has 0 aliphatic rings. The zero-order chi connectivity index (χ0) is 4.99. The molecule has 0 amide bonds. The molecular formula is C2H5ClOSi2. The third-order valence-electron chi connectivity index (χ3n) is 0.271. The van der Waals surface area contributed by atoms with Crippen LogP contribution in [-0.4, -0.2) is 24.2 Å². The van der Waals surface area contributed by atoms with E-state index in [-0.39, 0.29) is 0 Å². The third kappa shape index (κ3) is 4.68. The molecule has 0 saturated heterocycles. The van der Waals surface area contributed by atoms with Gasteiger partial charge >= 0.3 is 0 Å². The molecule has 0 unspecified atom stereocenters. The monoisotopic (exact) mass is 136 g/mol. The summed E-state index contributed by atoms with van der Waals surface area (Å²) in [5, 5.41) is 0. The van der Waals surface area contributed by atoms with Crippen molar-refractivity contribution in [3.63, 3.8) is 0 Å². The van der Waals surface area contributed by atoms with Crippen LogP contribution in [0.25, 0.3) is 0 Å². The van der Waals surface area contributed by atoms with Crippen molar-refractivity contribution in [2.24, 2.45) is 0 Å². The van der Waals surface area contributed by atoms with E-state index in [0.717, 1.165) is 0 Å². The molecule has 0 aromatic rings. The van der Waals surface area contributed by atoms with Crippen LogP contribution in [0.5, 0.6) is 0 Å². The second-order valence-corrected chi connectivity index (χ2v) is 4.89. The van der Waals surface area contributed by atoms with E-state index in [1.165, 1.54) is 0 Å². The number of hydrogen-bond donors (Lipinski definition) is 0. The molecule has 0 saturated carbocycles. The number of rotatable bonds is 2. The van der Waals surface area contributed by atoms with Gasteiger partial charge in [0.1, 0.15) is 0 Å². The molecule has 1 nitrogen and oxygen atoms in total. The summed E-state index contributed by atoms with van der Waals surface area (Å²) in [7, 11) is 2.02. The maximum absolute atomic E-state index is 5.37. The quantitative estimate of drug-likeness (QED) is 0.395. The van der Waals surface area contributed by atoms with Crippen LogP contribution in [0, 0.1) is 0 Å². The van der Waals surface area contributed by atoms with Crippen molar-refractivity contribution in [1.29, 1.82) is 0 Å². The summed E-state index contributed by atoms with van der Waals surface area (Å²) in [6.07, 6.45) is 0. The van der Waals surface area contributed by atoms with Crippen LogP contribution in [-0.2, 0) is 4.43 Å². The first-order valence-electron chi connectivity index (χ1n) is 1.64. The summed E-state index contributed by atoms with van der Waals surface area (Å²) in [4.78, 5) is 0. The van der Waals surface area contributed by atoms with E-state index in [1.807, 2.05) is 6.92 Å². The molecule has 4 radical (unpaired) electrons. The molecule has 0 rings (SSSR count).